The van der Waals surface area contributed by atoms with Crippen molar-refractivity contribution in [1.82, 2.24) is 9.88 Å². The number of amides is 1. The number of halogens is 6. The van der Waals surface area contributed by atoms with Crippen LogP contribution in [0.15, 0.2) is 48.7 Å². The van der Waals surface area contributed by atoms with Gasteiger partial charge >= 0.3 is 18.3 Å². The molecule has 0 bridgehead atoms. The molecule has 1 amide bonds. The summed E-state index contributed by atoms with van der Waals surface area (Å²) in [6, 6.07) is 7.37. The molecule has 0 radical (unpaired) electrons. The van der Waals surface area contributed by atoms with Gasteiger partial charge in [0, 0.05) is 42.2 Å². The summed E-state index contributed by atoms with van der Waals surface area (Å²) in [7, 11) is 1.29. The summed E-state index contributed by atoms with van der Waals surface area (Å²) in [5.74, 6) is -1.55. The first-order valence-electron chi connectivity index (χ1n) is 11.1. The molecule has 1 N–H and O–H groups in total. The first-order valence-corrected chi connectivity index (χ1v) is 11.1. The highest BCUT2D eigenvalue weighted by atomic mass is 19.4. The quantitative estimate of drug-likeness (QED) is 0.286. The van der Waals surface area contributed by atoms with E-state index in [9.17, 15) is 35.9 Å². The van der Waals surface area contributed by atoms with Crippen LogP contribution in [0.25, 0.3) is 10.9 Å². The number of nitrogens with one attached hydrogen (secondary N) is 1. The van der Waals surface area contributed by atoms with Gasteiger partial charge in [-0.15, -0.1) is 0 Å². The van der Waals surface area contributed by atoms with Gasteiger partial charge in [-0.3, -0.25) is 9.59 Å². The molecule has 0 saturated carbocycles. The molecule has 0 aliphatic rings. The van der Waals surface area contributed by atoms with Crippen LogP contribution in [0.2, 0.25) is 0 Å². The third kappa shape index (κ3) is 6.38. The van der Waals surface area contributed by atoms with Gasteiger partial charge in [0.05, 0.1) is 17.7 Å². The fraction of sp³-hybridized carbons (Fsp3) is 0.360. The Hall–Kier alpha value is -3.50. The molecule has 3 aromatic rings. The summed E-state index contributed by atoms with van der Waals surface area (Å²) in [5.41, 5.74) is -2.31. The zero-order chi connectivity index (χ0) is 26.7. The third-order valence-electron chi connectivity index (χ3n) is 5.82. The number of hydrogen-bond acceptors (Lipinski definition) is 3. The van der Waals surface area contributed by atoms with Gasteiger partial charge in [0.2, 0.25) is 0 Å². The van der Waals surface area contributed by atoms with Crippen LogP contribution in [0.3, 0.4) is 0 Å². The summed E-state index contributed by atoms with van der Waals surface area (Å²) in [6.45, 7) is 1.77. The lowest BCUT2D eigenvalue weighted by atomic mass is 9.98. The Balaban J connectivity index is 1.96. The molecular formula is C25H24F6N2O3. The van der Waals surface area contributed by atoms with Gasteiger partial charge in [0.15, 0.2) is 0 Å². The van der Waals surface area contributed by atoms with Crippen molar-refractivity contribution in [2.45, 2.75) is 44.6 Å². The molecule has 0 spiro atoms. The van der Waals surface area contributed by atoms with E-state index in [4.69, 9.17) is 4.74 Å². The number of rotatable bonds is 8. The van der Waals surface area contributed by atoms with E-state index in [-0.39, 0.29) is 31.9 Å². The Morgan fingerprint density at radius 1 is 1.00 bits per heavy atom. The number of carbonyl (C=O) groups is 2. The van der Waals surface area contributed by atoms with Crippen LogP contribution in [-0.4, -0.2) is 41.5 Å². The molecule has 2 aromatic carbocycles. The number of fused-ring (bicyclic) bond motifs is 1. The van der Waals surface area contributed by atoms with Crippen molar-refractivity contribution in [3.05, 3.63) is 70.9 Å². The smallest absolute Gasteiger partial charge is 0.416 e. The lowest BCUT2D eigenvalue weighted by molar-refractivity contribution is -0.144. The first kappa shape index (κ1) is 27.1. The lowest BCUT2D eigenvalue weighted by Crippen LogP contribution is -2.39. The van der Waals surface area contributed by atoms with Crippen molar-refractivity contribution in [1.29, 1.82) is 0 Å². The molecule has 0 aliphatic heterocycles. The molecule has 0 fully saturated rings. The van der Waals surface area contributed by atoms with E-state index < -0.39 is 47.0 Å². The number of carbonyl (C=O) groups excluding carboxylic acids is 2. The predicted molar refractivity (Wildman–Crippen MR) is 120 cm³/mol. The van der Waals surface area contributed by atoms with Gasteiger partial charge in [-0.2, -0.15) is 26.3 Å². The number of esters is 1. The fourth-order valence-corrected chi connectivity index (χ4v) is 3.95. The average Bonchev–Trinajstić information content (AvgIpc) is 3.22. The molecule has 3 rings (SSSR count). The van der Waals surface area contributed by atoms with Crippen molar-refractivity contribution < 1.29 is 40.7 Å². The van der Waals surface area contributed by atoms with Crippen LogP contribution < -0.4 is 0 Å². The summed E-state index contributed by atoms with van der Waals surface area (Å²) < 4.78 is 84.7. The molecule has 1 aromatic heterocycles. The maximum absolute atomic E-state index is 13.3. The topological polar surface area (TPSA) is 62.4 Å². The maximum atomic E-state index is 13.3. The standard InChI is InChI=1S/C25H24F6N2O3/c1-3-36-22(34)9-8-19(12-16-14-32-21-7-5-4-6-20(16)21)33(2)23(35)15-10-17(24(26,27)28)13-18(11-15)25(29,30)31/h4-7,10-11,13-14,19,32H,3,8-9,12H2,1-2H3. The number of H-pyrrole nitrogens is 1. The van der Waals surface area contributed by atoms with Crippen LogP contribution in [0.5, 0.6) is 0 Å². The maximum Gasteiger partial charge on any atom is 0.416 e. The number of alkyl halides is 6. The Labute approximate surface area is 203 Å². The first-order chi connectivity index (χ1) is 16.8. The van der Waals surface area contributed by atoms with Crippen molar-refractivity contribution in [2.75, 3.05) is 13.7 Å². The van der Waals surface area contributed by atoms with E-state index in [1.165, 1.54) is 7.05 Å². The van der Waals surface area contributed by atoms with Crippen molar-refractivity contribution in [2.24, 2.45) is 0 Å². The monoisotopic (exact) mass is 514 g/mol. The van der Waals surface area contributed by atoms with Crippen LogP contribution in [-0.2, 0) is 28.3 Å². The van der Waals surface area contributed by atoms with Gasteiger partial charge in [-0.05, 0) is 49.6 Å². The molecule has 11 heteroatoms. The van der Waals surface area contributed by atoms with Gasteiger partial charge in [-0.25, -0.2) is 0 Å². The molecule has 0 aliphatic carbocycles. The Morgan fingerprint density at radius 3 is 2.19 bits per heavy atom. The minimum absolute atomic E-state index is 0.0268. The molecule has 1 atom stereocenters. The van der Waals surface area contributed by atoms with Crippen molar-refractivity contribution >= 4 is 22.8 Å². The number of aromatic amines is 1. The highest BCUT2D eigenvalue weighted by molar-refractivity contribution is 5.95. The highest BCUT2D eigenvalue weighted by Gasteiger charge is 2.38. The van der Waals surface area contributed by atoms with Gasteiger partial charge in [-0.1, -0.05) is 18.2 Å². The normalized spacial score (nSPS) is 13.0. The molecule has 0 saturated heterocycles. The van der Waals surface area contributed by atoms with E-state index >= 15 is 0 Å². The largest absolute Gasteiger partial charge is 0.466 e. The van der Waals surface area contributed by atoms with E-state index in [1.807, 2.05) is 24.3 Å². The van der Waals surface area contributed by atoms with Gasteiger partial charge < -0.3 is 14.6 Å². The van der Waals surface area contributed by atoms with Crippen molar-refractivity contribution in [3.8, 4) is 0 Å². The Kier molecular flexibility index (Phi) is 8.00. The second-order valence-corrected chi connectivity index (χ2v) is 8.27. The molecular weight excluding hydrogens is 490 g/mol. The second kappa shape index (κ2) is 10.6. The van der Waals surface area contributed by atoms with E-state index in [2.05, 4.69) is 4.98 Å². The van der Waals surface area contributed by atoms with Gasteiger partial charge in [0.1, 0.15) is 0 Å². The third-order valence-corrected chi connectivity index (χ3v) is 5.82. The average molecular weight is 514 g/mol. The Morgan fingerprint density at radius 2 is 1.61 bits per heavy atom. The molecule has 1 unspecified atom stereocenters. The van der Waals surface area contributed by atoms with E-state index in [0.29, 0.717) is 12.1 Å². The summed E-state index contributed by atoms with van der Waals surface area (Å²) in [4.78, 5) is 29.3. The summed E-state index contributed by atoms with van der Waals surface area (Å²) in [5, 5.41) is 0.845. The van der Waals surface area contributed by atoms with Crippen LogP contribution in [0.1, 0.15) is 46.8 Å². The van der Waals surface area contributed by atoms with Crippen LogP contribution in [0.4, 0.5) is 26.3 Å². The summed E-state index contributed by atoms with van der Waals surface area (Å²) in [6.07, 6.45) is -8.24. The zero-order valence-corrected chi connectivity index (χ0v) is 19.5. The van der Waals surface area contributed by atoms with E-state index in [1.54, 1.807) is 13.1 Å². The predicted octanol–water partition coefficient (Wildman–Crippen LogP) is 6.23. The highest BCUT2D eigenvalue weighted by Crippen LogP contribution is 2.36. The number of para-hydroxylation sites is 1. The number of aromatic nitrogens is 1. The number of hydrogen-bond donors (Lipinski definition) is 1. The minimum atomic E-state index is -5.08. The number of benzene rings is 2. The molecule has 5 nitrogen and oxygen atoms in total. The molecule has 194 valence electrons. The zero-order valence-electron chi connectivity index (χ0n) is 19.5. The number of nitrogens with zero attached hydrogens (tertiary/aromatic N) is 1. The van der Waals surface area contributed by atoms with Crippen LogP contribution in [0, 0.1) is 0 Å². The summed E-state index contributed by atoms with van der Waals surface area (Å²) >= 11 is 0. The van der Waals surface area contributed by atoms with Gasteiger partial charge in [0.25, 0.3) is 5.91 Å². The lowest BCUT2D eigenvalue weighted by Gasteiger charge is -2.29. The van der Waals surface area contributed by atoms with Crippen molar-refractivity contribution in [3.63, 3.8) is 0 Å². The number of ether oxygens (including phenoxy) is 1. The SMILES string of the molecule is CCOC(=O)CCC(Cc1c[nH]c2ccccc12)N(C)C(=O)c1cc(C(F)(F)F)cc(C(F)(F)F)c1. The number of likely N-dealkylation sites (N-methyl/N-ethyl adjacent to an activating group) is 1. The second-order valence-electron chi connectivity index (χ2n) is 8.27. The molecule has 36 heavy (non-hydrogen) atoms. The Bertz CT molecular complexity index is 1200. The fourth-order valence-electron chi connectivity index (χ4n) is 3.95. The molecule has 1 heterocycles. The van der Waals surface area contributed by atoms with Crippen LogP contribution >= 0.6 is 0 Å². The van der Waals surface area contributed by atoms with E-state index in [0.717, 1.165) is 21.4 Å². The minimum Gasteiger partial charge on any atom is -0.466 e.